The molecule has 1 aliphatic heterocycles. The van der Waals surface area contributed by atoms with E-state index in [1.165, 1.54) is 18.2 Å². The summed E-state index contributed by atoms with van der Waals surface area (Å²) >= 11 is 3.25. The van der Waals surface area contributed by atoms with Crippen LogP contribution in [0.25, 0.3) is 0 Å². The summed E-state index contributed by atoms with van der Waals surface area (Å²) in [7, 11) is 0. The lowest BCUT2D eigenvalue weighted by atomic mass is 10.2. The number of pyridine rings is 1. The molecule has 0 unspecified atom stereocenters. The SMILES string of the molecule is O=C(Nc1ccc(N2CCNCC2)cn1)c1cc(F)ccc1Br. The molecule has 1 fully saturated rings. The van der Waals surface area contributed by atoms with Gasteiger partial charge in [-0.15, -0.1) is 0 Å². The minimum absolute atomic E-state index is 0.234. The smallest absolute Gasteiger partial charge is 0.258 e. The van der Waals surface area contributed by atoms with Crippen LogP contribution in [0.5, 0.6) is 0 Å². The van der Waals surface area contributed by atoms with Crippen molar-refractivity contribution in [1.82, 2.24) is 10.3 Å². The van der Waals surface area contributed by atoms with Crippen LogP contribution in [-0.4, -0.2) is 37.1 Å². The van der Waals surface area contributed by atoms with Crippen molar-refractivity contribution in [2.24, 2.45) is 0 Å². The number of benzene rings is 1. The summed E-state index contributed by atoms with van der Waals surface area (Å²) in [5.41, 5.74) is 1.26. The van der Waals surface area contributed by atoms with Crippen molar-refractivity contribution >= 4 is 33.3 Å². The van der Waals surface area contributed by atoms with Crippen LogP contribution >= 0.6 is 15.9 Å². The van der Waals surface area contributed by atoms with E-state index < -0.39 is 11.7 Å². The zero-order valence-electron chi connectivity index (χ0n) is 12.4. The van der Waals surface area contributed by atoms with Gasteiger partial charge in [-0.3, -0.25) is 4.79 Å². The van der Waals surface area contributed by atoms with E-state index in [2.05, 4.69) is 36.4 Å². The van der Waals surface area contributed by atoms with Gasteiger partial charge in [-0.1, -0.05) is 0 Å². The Kier molecular flexibility index (Phi) is 4.88. The predicted octanol–water partition coefficient (Wildman–Crippen LogP) is 2.65. The maximum atomic E-state index is 13.3. The topological polar surface area (TPSA) is 57.3 Å². The molecule has 0 spiro atoms. The van der Waals surface area contributed by atoms with Crippen molar-refractivity contribution in [3.8, 4) is 0 Å². The van der Waals surface area contributed by atoms with Gasteiger partial charge in [0.2, 0.25) is 0 Å². The van der Waals surface area contributed by atoms with Crippen LogP contribution in [0.3, 0.4) is 0 Å². The van der Waals surface area contributed by atoms with Crippen molar-refractivity contribution in [1.29, 1.82) is 0 Å². The van der Waals surface area contributed by atoms with Gasteiger partial charge in [-0.05, 0) is 46.3 Å². The molecule has 1 amide bonds. The number of anilines is 2. The Balaban J connectivity index is 1.70. The number of amides is 1. The molecule has 3 rings (SSSR count). The van der Waals surface area contributed by atoms with E-state index in [1.54, 1.807) is 12.3 Å². The minimum atomic E-state index is -0.458. The number of carbonyl (C=O) groups is 1. The van der Waals surface area contributed by atoms with Gasteiger partial charge < -0.3 is 15.5 Å². The van der Waals surface area contributed by atoms with Gasteiger partial charge in [-0.25, -0.2) is 9.37 Å². The maximum Gasteiger partial charge on any atom is 0.258 e. The first-order chi connectivity index (χ1) is 11.1. The molecule has 0 atom stereocenters. The molecule has 1 saturated heterocycles. The van der Waals surface area contributed by atoms with Crippen LogP contribution in [0.1, 0.15) is 10.4 Å². The number of hydrogen-bond donors (Lipinski definition) is 2. The molecule has 1 aromatic heterocycles. The summed E-state index contributed by atoms with van der Waals surface area (Å²) in [5.74, 6) is -0.427. The molecule has 1 aliphatic rings. The fourth-order valence-corrected chi connectivity index (χ4v) is 2.85. The number of hydrogen-bond acceptors (Lipinski definition) is 4. The van der Waals surface area contributed by atoms with E-state index >= 15 is 0 Å². The second kappa shape index (κ2) is 7.06. The fourth-order valence-electron chi connectivity index (χ4n) is 2.43. The molecule has 0 radical (unpaired) electrons. The lowest BCUT2D eigenvalue weighted by Gasteiger charge is -2.29. The van der Waals surface area contributed by atoms with Crippen LogP contribution < -0.4 is 15.5 Å². The standard InChI is InChI=1S/C16H16BrFN4O/c17-14-3-1-11(18)9-13(14)16(23)21-15-4-2-12(10-20-15)22-7-5-19-6-8-22/h1-4,9-10,19H,5-8H2,(H,20,21,23). The monoisotopic (exact) mass is 378 g/mol. The Morgan fingerprint density at radius 2 is 2.04 bits per heavy atom. The van der Waals surface area contributed by atoms with E-state index in [4.69, 9.17) is 0 Å². The first kappa shape index (κ1) is 15.9. The number of halogens is 2. The zero-order chi connectivity index (χ0) is 16.2. The number of aromatic nitrogens is 1. The maximum absolute atomic E-state index is 13.3. The van der Waals surface area contributed by atoms with Gasteiger partial charge in [0.15, 0.2) is 0 Å². The first-order valence-corrected chi connectivity index (χ1v) is 8.11. The Morgan fingerprint density at radius 3 is 2.74 bits per heavy atom. The highest BCUT2D eigenvalue weighted by Crippen LogP contribution is 2.20. The Labute approximate surface area is 142 Å². The van der Waals surface area contributed by atoms with E-state index in [-0.39, 0.29) is 5.56 Å². The summed E-state index contributed by atoms with van der Waals surface area (Å²) in [4.78, 5) is 18.7. The molecular weight excluding hydrogens is 363 g/mol. The predicted molar refractivity (Wildman–Crippen MR) is 91.4 cm³/mol. The molecule has 2 heterocycles. The van der Waals surface area contributed by atoms with E-state index in [1.807, 2.05) is 6.07 Å². The van der Waals surface area contributed by atoms with Crippen LogP contribution in [-0.2, 0) is 0 Å². The van der Waals surface area contributed by atoms with Crippen molar-refractivity contribution in [2.45, 2.75) is 0 Å². The molecule has 0 aliphatic carbocycles. The van der Waals surface area contributed by atoms with Crippen LogP contribution in [0.15, 0.2) is 41.0 Å². The number of nitrogens with one attached hydrogen (secondary N) is 2. The second-order valence-electron chi connectivity index (χ2n) is 5.22. The Bertz CT molecular complexity index is 702. The van der Waals surface area contributed by atoms with Gasteiger partial charge >= 0.3 is 0 Å². The van der Waals surface area contributed by atoms with Crippen molar-refractivity contribution in [3.05, 3.63) is 52.4 Å². The second-order valence-corrected chi connectivity index (χ2v) is 6.07. The van der Waals surface area contributed by atoms with Gasteiger partial charge in [-0.2, -0.15) is 0 Å². The van der Waals surface area contributed by atoms with Gasteiger partial charge in [0, 0.05) is 30.7 Å². The highest BCUT2D eigenvalue weighted by atomic mass is 79.9. The van der Waals surface area contributed by atoms with Crippen LogP contribution in [0.4, 0.5) is 15.9 Å². The molecule has 120 valence electrons. The van der Waals surface area contributed by atoms with Gasteiger partial charge in [0.05, 0.1) is 17.4 Å². The van der Waals surface area contributed by atoms with E-state index in [0.29, 0.717) is 10.3 Å². The minimum Gasteiger partial charge on any atom is -0.368 e. The molecule has 7 heteroatoms. The summed E-state index contributed by atoms with van der Waals surface area (Å²) in [6.07, 6.45) is 1.74. The Morgan fingerprint density at radius 1 is 1.26 bits per heavy atom. The van der Waals surface area contributed by atoms with Gasteiger partial charge in [0.25, 0.3) is 5.91 Å². The van der Waals surface area contributed by atoms with E-state index in [0.717, 1.165) is 31.9 Å². The summed E-state index contributed by atoms with van der Waals surface area (Å²) < 4.78 is 13.8. The molecule has 5 nitrogen and oxygen atoms in total. The normalized spacial score (nSPS) is 14.6. The third-order valence-electron chi connectivity index (χ3n) is 3.64. The summed E-state index contributed by atoms with van der Waals surface area (Å²) in [5, 5.41) is 5.97. The third kappa shape index (κ3) is 3.86. The van der Waals surface area contributed by atoms with Crippen molar-refractivity contribution in [3.63, 3.8) is 0 Å². The highest BCUT2D eigenvalue weighted by molar-refractivity contribution is 9.10. The summed E-state index contributed by atoms with van der Waals surface area (Å²) in [6.45, 7) is 3.77. The lowest BCUT2D eigenvalue weighted by Crippen LogP contribution is -2.43. The zero-order valence-corrected chi connectivity index (χ0v) is 13.9. The molecule has 23 heavy (non-hydrogen) atoms. The molecule has 2 aromatic rings. The Hall–Kier alpha value is -1.99. The lowest BCUT2D eigenvalue weighted by molar-refractivity contribution is 0.102. The molecule has 1 aromatic carbocycles. The number of nitrogens with zero attached hydrogens (tertiary/aromatic N) is 2. The molecule has 0 bridgehead atoms. The fraction of sp³-hybridized carbons (Fsp3) is 0.250. The van der Waals surface area contributed by atoms with Crippen molar-refractivity contribution < 1.29 is 9.18 Å². The number of rotatable bonds is 3. The first-order valence-electron chi connectivity index (χ1n) is 7.31. The molecule has 0 saturated carbocycles. The largest absolute Gasteiger partial charge is 0.368 e. The average Bonchev–Trinajstić information content (AvgIpc) is 2.58. The number of piperazine rings is 1. The summed E-state index contributed by atoms with van der Waals surface area (Å²) in [6, 6.07) is 7.66. The quantitative estimate of drug-likeness (QED) is 0.861. The van der Waals surface area contributed by atoms with Gasteiger partial charge in [0.1, 0.15) is 11.6 Å². The van der Waals surface area contributed by atoms with Crippen molar-refractivity contribution in [2.75, 3.05) is 36.4 Å². The van der Waals surface area contributed by atoms with Crippen LogP contribution in [0.2, 0.25) is 0 Å². The van der Waals surface area contributed by atoms with Crippen LogP contribution in [0, 0.1) is 5.82 Å². The molecule has 2 N–H and O–H groups in total. The number of carbonyl (C=O) groups excluding carboxylic acids is 1. The third-order valence-corrected chi connectivity index (χ3v) is 4.34. The average molecular weight is 379 g/mol. The molecular formula is C16H16BrFN4O. The van der Waals surface area contributed by atoms with E-state index in [9.17, 15) is 9.18 Å². The highest BCUT2D eigenvalue weighted by Gasteiger charge is 2.13.